The predicted octanol–water partition coefficient (Wildman–Crippen LogP) is 4.66. The van der Waals surface area contributed by atoms with Crippen LogP contribution >= 0.6 is 0 Å². The van der Waals surface area contributed by atoms with Gasteiger partial charge in [0.15, 0.2) is 0 Å². The molecule has 0 spiro atoms. The van der Waals surface area contributed by atoms with Gasteiger partial charge in [-0.2, -0.15) is 0 Å². The van der Waals surface area contributed by atoms with Crippen LogP contribution in [0.4, 0.5) is 0 Å². The van der Waals surface area contributed by atoms with E-state index < -0.39 is 5.97 Å². The molecule has 4 rings (SSSR count). The maximum Gasteiger partial charge on any atom is 0.303 e. The predicted molar refractivity (Wildman–Crippen MR) is 114 cm³/mol. The van der Waals surface area contributed by atoms with Crippen molar-refractivity contribution in [2.75, 3.05) is 6.61 Å². The molecular weight excluding hydrogens is 380 g/mol. The Kier molecular flexibility index (Phi) is 6.22. The second-order valence-electron chi connectivity index (χ2n) is 11.4. The van der Waals surface area contributed by atoms with E-state index in [1.807, 2.05) is 0 Å². The summed E-state index contributed by atoms with van der Waals surface area (Å²) in [4.78, 5) is 22.1. The summed E-state index contributed by atoms with van der Waals surface area (Å²) in [6.07, 6.45) is 11.1. The molecule has 4 aliphatic carbocycles. The molecule has 0 aromatic rings. The summed E-state index contributed by atoms with van der Waals surface area (Å²) >= 11 is 0. The van der Waals surface area contributed by atoms with Gasteiger partial charge in [-0.25, -0.2) is 0 Å². The summed E-state index contributed by atoms with van der Waals surface area (Å²) in [6, 6.07) is 0. The van der Waals surface area contributed by atoms with Crippen molar-refractivity contribution in [1.29, 1.82) is 0 Å². The molecule has 2 N–H and O–H groups in total. The van der Waals surface area contributed by atoms with Gasteiger partial charge in [0.1, 0.15) is 0 Å². The van der Waals surface area contributed by atoms with Gasteiger partial charge in [-0.1, -0.05) is 13.8 Å². The Labute approximate surface area is 180 Å². The zero-order valence-electron chi connectivity index (χ0n) is 18.7. The summed E-state index contributed by atoms with van der Waals surface area (Å²) in [5.41, 5.74) is 0.610. The highest BCUT2D eigenvalue weighted by Gasteiger charge is 2.60. The number of aliphatic hydroxyl groups excluding tert-OH is 1. The van der Waals surface area contributed by atoms with Crippen molar-refractivity contribution in [3.63, 3.8) is 0 Å². The number of hydrogen-bond acceptors (Lipinski definition) is 4. The normalized spacial score (nSPS) is 46.2. The Morgan fingerprint density at radius 1 is 1.07 bits per heavy atom. The van der Waals surface area contributed by atoms with Crippen molar-refractivity contribution in [3.8, 4) is 0 Å². The van der Waals surface area contributed by atoms with Crippen molar-refractivity contribution >= 4 is 12.4 Å². The zero-order valence-corrected chi connectivity index (χ0v) is 18.7. The Balaban J connectivity index is 1.53. The molecule has 170 valence electrons. The van der Waals surface area contributed by atoms with Crippen LogP contribution in [0.1, 0.15) is 84.5 Å². The summed E-state index contributed by atoms with van der Waals surface area (Å²) < 4.78 is 5.17. The third-order valence-electron chi connectivity index (χ3n) is 10.4. The second-order valence-corrected chi connectivity index (χ2v) is 11.4. The van der Waals surface area contributed by atoms with Gasteiger partial charge in [0, 0.05) is 6.42 Å². The molecule has 0 aromatic carbocycles. The number of hydrogen-bond donors (Lipinski definition) is 2. The lowest BCUT2D eigenvalue weighted by Crippen LogP contribution is -2.54. The molecule has 0 aliphatic heterocycles. The molecule has 4 fully saturated rings. The van der Waals surface area contributed by atoms with Gasteiger partial charge in [0.25, 0.3) is 6.47 Å². The van der Waals surface area contributed by atoms with Gasteiger partial charge in [-0.3, -0.25) is 9.59 Å². The molecule has 0 saturated heterocycles. The van der Waals surface area contributed by atoms with Crippen LogP contribution in [-0.4, -0.2) is 35.4 Å². The largest absolute Gasteiger partial charge is 0.481 e. The van der Waals surface area contributed by atoms with E-state index in [2.05, 4.69) is 13.8 Å². The van der Waals surface area contributed by atoms with E-state index in [4.69, 9.17) is 4.74 Å². The van der Waals surface area contributed by atoms with Gasteiger partial charge >= 0.3 is 5.97 Å². The van der Waals surface area contributed by atoms with Crippen LogP contribution in [0.15, 0.2) is 0 Å². The van der Waals surface area contributed by atoms with E-state index in [9.17, 15) is 19.8 Å². The van der Waals surface area contributed by atoms with E-state index in [1.165, 1.54) is 38.5 Å². The second kappa shape index (κ2) is 8.44. The lowest BCUT2D eigenvalue weighted by atomic mass is 9.44. The highest BCUT2D eigenvalue weighted by Crippen LogP contribution is 2.68. The van der Waals surface area contributed by atoms with Crippen LogP contribution < -0.4 is 0 Å². The number of ether oxygens (including phenoxy) is 1. The molecule has 30 heavy (non-hydrogen) atoms. The van der Waals surface area contributed by atoms with E-state index >= 15 is 0 Å². The SMILES string of the molecule is C[C@]12CC[C@H]3[C@@H](CCC4C[C@H](O)CC[C@@]43C)[C@@H]1CC[C@@H]2[C@@H](CCC(=O)O)COC=O. The van der Waals surface area contributed by atoms with Crippen molar-refractivity contribution in [2.24, 2.45) is 46.3 Å². The number of aliphatic carboxylic acids is 1. The molecule has 0 amide bonds. The van der Waals surface area contributed by atoms with E-state index in [0.717, 1.165) is 31.1 Å². The third-order valence-corrected chi connectivity index (χ3v) is 10.4. The van der Waals surface area contributed by atoms with E-state index in [1.54, 1.807) is 0 Å². The Bertz CT molecular complexity index is 649. The molecule has 0 aromatic heterocycles. The molecule has 0 bridgehead atoms. The minimum Gasteiger partial charge on any atom is -0.481 e. The smallest absolute Gasteiger partial charge is 0.303 e. The molecule has 4 aliphatic rings. The summed E-state index contributed by atoms with van der Waals surface area (Å²) in [5, 5.41) is 19.4. The lowest BCUT2D eigenvalue weighted by molar-refractivity contribution is -0.140. The first-order chi connectivity index (χ1) is 14.3. The molecule has 0 heterocycles. The number of carbonyl (C=O) groups excluding carboxylic acids is 1. The average Bonchev–Trinajstić information content (AvgIpc) is 3.06. The van der Waals surface area contributed by atoms with Crippen molar-refractivity contribution < 1.29 is 24.5 Å². The van der Waals surface area contributed by atoms with Gasteiger partial charge < -0.3 is 14.9 Å². The molecule has 5 nitrogen and oxygen atoms in total. The van der Waals surface area contributed by atoms with E-state index in [-0.39, 0.29) is 23.9 Å². The monoisotopic (exact) mass is 420 g/mol. The number of fused-ring (bicyclic) bond motifs is 5. The van der Waals surface area contributed by atoms with Gasteiger partial charge in [0.05, 0.1) is 12.7 Å². The first kappa shape index (κ1) is 22.1. The minimum atomic E-state index is -0.764. The summed E-state index contributed by atoms with van der Waals surface area (Å²) in [5.74, 6) is 2.74. The zero-order chi connectivity index (χ0) is 21.5. The average molecular weight is 421 g/mol. The van der Waals surface area contributed by atoms with Crippen LogP contribution in [0, 0.1) is 46.3 Å². The highest BCUT2D eigenvalue weighted by molar-refractivity contribution is 5.66. The number of carbonyl (C=O) groups is 2. The number of carboxylic acids is 1. The van der Waals surface area contributed by atoms with Crippen LogP contribution in [0.5, 0.6) is 0 Å². The third kappa shape index (κ3) is 3.69. The number of carboxylic acid groups (broad SMARTS) is 1. The topological polar surface area (TPSA) is 83.8 Å². The highest BCUT2D eigenvalue weighted by atomic mass is 16.5. The van der Waals surface area contributed by atoms with Crippen LogP contribution in [0.2, 0.25) is 0 Å². The van der Waals surface area contributed by atoms with Gasteiger partial charge in [0.2, 0.25) is 0 Å². The fourth-order valence-electron chi connectivity index (χ4n) is 8.92. The fraction of sp³-hybridized carbons (Fsp3) is 0.920. The van der Waals surface area contributed by atoms with Crippen molar-refractivity contribution in [1.82, 2.24) is 0 Å². The van der Waals surface area contributed by atoms with Crippen LogP contribution in [-0.2, 0) is 14.3 Å². The Hall–Kier alpha value is -1.10. The van der Waals surface area contributed by atoms with Crippen molar-refractivity contribution in [3.05, 3.63) is 0 Å². The Morgan fingerprint density at radius 3 is 2.53 bits per heavy atom. The van der Waals surface area contributed by atoms with Gasteiger partial charge in [-0.05, 0) is 111 Å². The Morgan fingerprint density at radius 2 is 1.80 bits per heavy atom. The van der Waals surface area contributed by atoms with E-state index in [0.29, 0.717) is 42.7 Å². The molecule has 1 unspecified atom stereocenters. The summed E-state index contributed by atoms with van der Waals surface area (Å²) in [6.45, 7) is 5.84. The van der Waals surface area contributed by atoms with Crippen LogP contribution in [0.3, 0.4) is 0 Å². The molecule has 9 atom stereocenters. The standard InChI is InChI=1S/C25H40O5/c1-24-11-9-18(27)13-17(24)4-5-19-21-7-6-20(25(21,2)12-10-22(19)24)16(14-30-15-26)3-8-23(28)29/h15-22,27H,3-14H2,1-2H3,(H,28,29)/t16-,17?,18+,19-,20+,21-,22-,24-,25+/m0/s1. The van der Waals surface area contributed by atoms with Crippen LogP contribution in [0.25, 0.3) is 0 Å². The number of aliphatic hydroxyl groups is 1. The maximum atomic E-state index is 11.2. The number of rotatable bonds is 7. The maximum absolute atomic E-state index is 11.2. The first-order valence-electron chi connectivity index (χ1n) is 12.2. The molecule has 5 heteroatoms. The van der Waals surface area contributed by atoms with Gasteiger partial charge in [-0.15, -0.1) is 0 Å². The fourth-order valence-corrected chi connectivity index (χ4v) is 8.92. The van der Waals surface area contributed by atoms with Crippen molar-refractivity contribution in [2.45, 2.75) is 90.6 Å². The molecule has 0 radical (unpaired) electrons. The minimum absolute atomic E-state index is 0.0999. The summed E-state index contributed by atoms with van der Waals surface area (Å²) in [7, 11) is 0. The molecular formula is C25H40O5. The first-order valence-corrected chi connectivity index (χ1v) is 12.2. The molecule has 4 saturated carbocycles. The lowest BCUT2D eigenvalue weighted by Gasteiger charge is -2.61. The quantitative estimate of drug-likeness (QED) is 0.585.